The molecule has 0 saturated carbocycles. The molecular formula is C14H9N5O. The fourth-order valence-corrected chi connectivity index (χ4v) is 1.68. The summed E-state index contributed by atoms with van der Waals surface area (Å²) in [6.45, 7) is 0. The highest BCUT2D eigenvalue weighted by molar-refractivity contribution is 5.42. The van der Waals surface area contributed by atoms with Crippen LogP contribution >= 0.6 is 0 Å². The summed E-state index contributed by atoms with van der Waals surface area (Å²) in [6, 6.07) is 12.7. The van der Waals surface area contributed by atoms with Crippen LogP contribution in [0.4, 0.5) is 0 Å². The second kappa shape index (κ2) is 5.20. The molecular weight excluding hydrogens is 254 g/mol. The van der Waals surface area contributed by atoms with Crippen LogP contribution in [0.2, 0.25) is 0 Å². The van der Waals surface area contributed by atoms with E-state index < -0.39 is 0 Å². The minimum atomic E-state index is 0.295. The Labute approximate surface area is 114 Å². The SMILES string of the molecule is N#Cc1cccnc1Oc1ccc(-n2cncn2)cc1. The van der Waals surface area contributed by atoms with Crippen LogP contribution in [-0.4, -0.2) is 19.7 Å². The molecule has 0 fully saturated rings. The molecule has 6 nitrogen and oxygen atoms in total. The van der Waals surface area contributed by atoms with Crippen molar-refractivity contribution in [1.29, 1.82) is 5.26 Å². The van der Waals surface area contributed by atoms with Gasteiger partial charge in [-0.3, -0.25) is 0 Å². The summed E-state index contributed by atoms with van der Waals surface area (Å²) in [7, 11) is 0. The van der Waals surface area contributed by atoms with Gasteiger partial charge in [0, 0.05) is 6.20 Å². The van der Waals surface area contributed by atoms with Crippen LogP contribution in [0.5, 0.6) is 11.6 Å². The molecule has 0 N–H and O–H groups in total. The Hall–Kier alpha value is -3.20. The van der Waals surface area contributed by atoms with Gasteiger partial charge in [0.1, 0.15) is 30.0 Å². The van der Waals surface area contributed by atoms with Gasteiger partial charge in [-0.25, -0.2) is 14.6 Å². The maximum absolute atomic E-state index is 8.98. The van der Waals surface area contributed by atoms with E-state index >= 15 is 0 Å². The molecule has 96 valence electrons. The third kappa shape index (κ3) is 2.33. The third-order valence-corrected chi connectivity index (χ3v) is 2.63. The number of hydrogen-bond acceptors (Lipinski definition) is 5. The normalized spacial score (nSPS) is 9.95. The fraction of sp³-hybridized carbons (Fsp3) is 0. The average Bonchev–Trinajstić information content (AvgIpc) is 3.03. The molecule has 1 aromatic carbocycles. The van der Waals surface area contributed by atoms with E-state index in [1.54, 1.807) is 41.5 Å². The molecule has 2 heterocycles. The van der Waals surface area contributed by atoms with Crippen LogP contribution < -0.4 is 4.74 Å². The lowest BCUT2D eigenvalue weighted by molar-refractivity contribution is 0.461. The smallest absolute Gasteiger partial charge is 0.237 e. The topological polar surface area (TPSA) is 76.6 Å². The number of nitriles is 1. The van der Waals surface area contributed by atoms with E-state index in [0.29, 0.717) is 17.2 Å². The van der Waals surface area contributed by atoms with Gasteiger partial charge in [-0.2, -0.15) is 10.4 Å². The van der Waals surface area contributed by atoms with Gasteiger partial charge in [-0.05, 0) is 36.4 Å². The molecule has 0 aliphatic rings. The number of ether oxygens (including phenoxy) is 1. The van der Waals surface area contributed by atoms with Gasteiger partial charge in [-0.1, -0.05) is 0 Å². The van der Waals surface area contributed by atoms with E-state index in [9.17, 15) is 0 Å². The summed E-state index contributed by atoms with van der Waals surface area (Å²) in [5.41, 5.74) is 1.27. The Balaban J connectivity index is 1.84. The highest BCUT2D eigenvalue weighted by atomic mass is 16.5. The van der Waals surface area contributed by atoms with Gasteiger partial charge in [-0.15, -0.1) is 0 Å². The zero-order chi connectivity index (χ0) is 13.8. The molecule has 3 aromatic rings. The van der Waals surface area contributed by atoms with Crippen molar-refractivity contribution in [2.75, 3.05) is 0 Å². The number of aromatic nitrogens is 4. The van der Waals surface area contributed by atoms with Gasteiger partial charge in [0.25, 0.3) is 0 Å². The Morgan fingerprint density at radius 3 is 2.70 bits per heavy atom. The molecule has 2 aromatic heterocycles. The van der Waals surface area contributed by atoms with Crippen LogP contribution in [-0.2, 0) is 0 Å². The second-order valence-corrected chi connectivity index (χ2v) is 3.90. The fourth-order valence-electron chi connectivity index (χ4n) is 1.68. The first kappa shape index (κ1) is 11.9. The zero-order valence-electron chi connectivity index (χ0n) is 10.3. The van der Waals surface area contributed by atoms with Crippen LogP contribution in [0.25, 0.3) is 5.69 Å². The molecule has 0 amide bonds. The van der Waals surface area contributed by atoms with Gasteiger partial charge in [0.05, 0.1) is 5.69 Å². The Kier molecular flexibility index (Phi) is 3.08. The highest BCUT2D eigenvalue weighted by Gasteiger charge is 2.05. The van der Waals surface area contributed by atoms with E-state index in [2.05, 4.69) is 15.1 Å². The molecule has 3 rings (SSSR count). The van der Waals surface area contributed by atoms with Crippen molar-refractivity contribution in [3.8, 4) is 23.4 Å². The van der Waals surface area contributed by atoms with Crippen molar-refractivity contribution in [2.24, 2.45) is 0 Å². The van der Waals surface area contributed by atoms with Crippen molar-refractivity contribution >= 4 is 0 Å². The number of nitrogens with zero attached hydrogens (tertiary/aromatic N) is 5. The summed E-state index contributed by atoms with van der Waals surface area (Å²) in [5, 5.41) is 13.0. The van der Waals surface area contributed by atoms with Gasteiger partial charge in [0.15, 0.2) is 0 Å². The number of pyridine rings is 1. The first-order valence-corrected chi connectivity index (χ1v) is 5.85. The lowest BCUT2D eigenvalue weighted by atomic mass is 10.3. The molecule has 6 heteroatoms. The lowest BCUT2D eigenvalue weighted by Gasteiger charge is -2.06. The van der Waals surface area contributed by atoms with Gasteiger partial charge in [0.2, 0.25) is 5.88 Å². The van der Waals surface area contributed by atoms with E-state index in [-0.39, 0.29) is 0 Å². The average molecular weight is 263 g/mol. The molecule has 0 atom stereocenters. The molecule has 0 aliphatic carbocycles. The zero-order valence-corrected chi connectivity index (χ0v) is 10.3. The van der Waals surface area contributed by atoms with Crippen LogP contribution in [0, 0.1) is 11.3 Å². The Morgan fingerprint density at radius 1 is 1.15 bits per heavy atom. The minimum absolute atomic E-state index is 0.295. The summed E-state index contributed by atoms with van der Waals surface area (Å²) in [6.07, 6.45) is 4.67. The van der Waals surface area contributed by atoms with E-state index in [1.807, 2.05) is 18.2 Å². The lowest BCUT2D eigenvalue weighted by Crippen LogP contribution is -1.95. The molecule has 0 spiro atoms. The van der Waals surface area contributed by atoms with Crippen molar-refractivity contribution < 1.29 is 4.74 Å². The van der Waals surface area contributed by atoms with Crippen molar-refractivity contribution in [3.05, 3.63) is 60.8 Å². The minimum Gasteiger partial charge on any atom is -0.438 e. The highest BCUT2D eigenvalue weighted by Crippen LogP contribution is 2.23. The predicted molar refractivity (Wildman–Crippen MR) is 70.4 cm³/mol. The molecule has 0 aliphatic heterocycles. The second-order valence-electron chi connectivity index (χ2n) is 3.90. The van der Waals surface area contributed by atoms with Crippen LogP contribution in [0.1, 0.15) is 5.56 Å². The number of hydrogen-bond donors (Lipinski definition) is 0. The summed E-state index contributed by atoms with van der Waals surface area (Å²) in [5.74, 6) is 0.896. The van der Waals surface area contributed by atoms with Crippen molar-refractivity contribution in [3.63, 3.8) is 0 Å². The summed E-state index contributed by atoms with van der Waals surface area (Å²) in [4.78, 5) is 7.93. The van der Waals surface area contributed by atoms with Gasteiger partial charge < -0.3 is 4.74 Å². The van der Waals surface area contributed by atoms with Crippen LogP contribution in [0.15, 0.2) is 55.2 Å². The summed E-state index contributed by atoms with van der Waals surface area (Å²) >= 11 is 0. The molecule has 0 radical (unpaired) electrons. The number of benzene rings is 1. The Bertz CT molecular complexity index is 744. The number of rotatable bonds is 3. The molecule has 0 saturated heterocycles. The molecule has 20 heavy (non-hydrogen) atoms. The van der Waals surface area contributed by atoms with Gasteiger partial charge >= 0.3 is 0 Å². The summed E-state index contributed by atoms with van der Waals surface area (Å²) < 4.78 is 7.24. The molecule has 0 unspecified atom stereocenters. The monoisotopic (exact) mass is 263 g/mol. The van der Waals surface area contributed by atoms with E-state index in [4.69, 9.17) is 10.00 Å². The van der Waals surface area contributed by atoms with Crippen LogP contribution in [0.3, 0.4) is 0 Å². The maximum atomic E-state index is 8.98. The standard InChI is InChI=1S/C14H9N5O/c15-8-11-2-1-7-17-14(11)20-13-5-3-12(4-6-13)19-10-16-9-18-19/h1-7,9-10H. The first-order valence-electron chi connectivity index (χ1n) is 5.85. The van der Waals surface area contributed by atoms with Crippen molar-refractivity contribution in [1.82, 2.24) is 19.7 Å². The quantitative estimate of drug-likeness (QED) is 0.724. The van der Waals surface area contributed by atoms with E-state index in [0.717, 1.165) is 5.69 Å². The largest absolute Gasteiger partial charge is 0.438 e. The first-order chi connectivity index (χ1) is 9.86. The molecule has 0 bridgehead atoms. The van der Waals surface area contributed by atoms with E-state index in [1.165, 1.54) is 6.33 Å². The maximum Gasteiger partial charge on any atom is 0.237 e. The third-order valence-electron chi connectivity index (χ3n) is 2.63. The predicted octanol–water partition coefficient (Wildman–Crippen LogP) is 2.33. The van der Waals surface area contributed by atoms with Crippen molar-refractivity contribution in [2.45, 2.75) is 0 Å². The Morgan fingerprint density at radius 2 is 2.00 bits per heavy atom.